The van der Waals surface area contributed by atoms with Crippen molar-refractivity contribution < 1.29 is 14.4 Å². The summed E-state index contributed by atoms with van der Waals surface area (Å²) in [6, 6.07) is 1.95. The Balaban J connectivity index is 2.37. The maximum absolute atomic E-state index is 13.1. The largest absolute Gasteiger partial charge is 0.394 e. The fraction of sp³-hybridized carbons (Fsp3) is 0.400. The first-order valence-corrected chi connectivity index (χ1v) is 5.38. The van der Waals surface area contributed by atoms with Crippen LogP contribution in [0.3, 0.4) is 0 Å². The summed E-state index contributed by atoms with van der Waals surface area (Å²) < 4.78 is 13.1. The average molecular weight is 261 g/mol. The lowest BCUT2D eigenvalue weighted by molar-refractivity contribution is -0.384. The van der Waals surface area contributed by atoms with Crippen molar-refractivity contribution in [1.82, 2.24) is 0 Å². The molecule has 2 N–H and O–H groups in total. The minimum atomic E-state index is -0.835. The van der Waals surface area contributed by atoms with Crippen LogP contribution in [0, 0.1) is 15.9 Å². The highest BCUT2D eigenvalue weighted by atomic mass is 35.5. The summed E-state index contributed by atoms with van der Waals surface area (Å²) in [7, 11) is 0. The van der Waals surface area contributed by atoms with E-state index in [-0.39, 0.29) is 23.0 Å². The molecule has 1 saturated carbocycles. The Morgan fingerprint density at radius 2 is 2.24 bits per heavy atom. The Kier molecular flexibility index (Phi) is 2.92. The van der Waals surface area contributed by atoms with Crippen molar-refractivity contribution in [1.29, 1.82) is 0 Å². The Morgan fingerprint density at radius 3 is 2.71 bits per heavy atom. The standard InChI is InChI=1S/C10H10ClFN2O3/c11-6-3-8(13-10(5-15)1-2-10)9(14(16)17)4-7(6)12/h3-4,13,15H,1-2,5H2. The van der Waals surface area contributed by atoms with E-state index in [1.54, 1.807) is 0 Å². The van der Waals surface area contributed by atoms with E-state index < -0.39 is 16.3 Å². The van der Waals surface area contributed by atoms with E-state index in [9.17, 15) is 14.5 Å². The molecule has 1 aliphatic rings. The summed E-state index contributed by atoms with van der Waals surface area (Å²) in [6.07, 6.45) is 1.44. The van der Waals surface area contributed by atoms with Gasteiger partial charge in [-0.1, -0.05) is 11.6 Å². The normalized spacial score (nSPS) is 16.6. The third kappa shape index (κ3) is 2.32. The molecule has 0 amide bonds. The molecular formula is C10H10ClFN2O3. The van der Waals surface area contributed by atoms with Crippen molar-refractivity contribution >= 4 is 23.0 Å². The van der Waals surface area contributed by atoms with Crippen LogP contribution in [0.2, 0.25) is 5.02 Å². The van der Waals surface area contributed by atoms with E-state index in [0.717, 1.165) is 18.9 Å². The van der Waals surface area contributed by atoms with Crippen molar-refractivity contribution in [2.75, 3.05) is 11.9 Å². The van der Waals surface area contributed by atoms with Gasteiger partial charge in [-0.3, -0.25) is 10.1 Å². The molecule has 17 heavy (non-hydrogen) atoms. The molecule has 0 saturated heterocycles. The number of nitrogens with zero attached hydrogens (tertiary/aromatic N) is 1. The quantitative estimate of drug-likeness (QED) is 0.643. The van der Waals surface area contributed by atoms with Crippen LogP contribution in [-0.2, 0) is 0 Å². The number of nitro groups is 1. The minimum absolute atomic E-state index is 0.126. The van der Waals surface area contributed by atoms with Crippen LogP contribution in [0.15, 0.2) is 12.1 Å². The summed E-state index contributed by atoms with van der Waals surface area (Å²) in [5, 5.41) is 22.6. The minimum Gasteiger partial charge on any atom is -0.394 e. The van der Waals surface area contributed by atoms with Gasteiger partial charge in [-0.05, 0) is 18.9 Å². The molecule has 1 fully saturated rings. The fourth-order valence-corrected chi connectivity index (χ4v) is 1.71. The lowest BCUT2D eigenvalue weighted by atomic mass is 10.2. The average Bonchev–Trinajstić information content (AvgIpc) is 3.03. The van der Waals surface area contributed by atoms with Crippen LogP contribution in [0.5, 0.6) is 0 Å². The number of nitrogens with one attached hydrogen (secondary N) is 1. The molecule has 0 aromatic heterocycles. The molecule has 0 atom stereocenters. The lowest BCUT2D eigenvalue weighted by Crippen LogP contribution is -2.26. The zero-order chi connectivity index (χ0) is 12.6. The molecule has 0 bridgehead atoms. The molecular weight excluding hydrogens is 251 g/mol. The Labute approximate surface area is 101 Å². The second kappa shape index (κ2) is 4.12. The predicted molar refractivity (Wildman–Crippen MR) is 60.7 cm³/mol. The van der Waals surface area contributed by atoms with Gasteiger partial charge >= 0.3 is 0 Å². The number of hydrogen-bond donors (Lipinski definition) is 2. The van der Waals surface area contributed by atoms with E-state index in [2.05, 4.69) is 5.32 Å². The van der Waals surface area contributed by atoms with Crippen molar-refractivity contribution in [2.45, 2.75) is 18.4 Å². The number of rotatable bonds is 4. The van der Waals surface area contributed by atoms with Gasteiger partial charge in [0.2, 0.25) is 0 Å². The SMILES string of the molecule is O=[N+]([O-])c1cc(F)c(Cl)cc1NC1(CO)CC1. The van der Waals surface area contributed by atoms with E-state index in [1.807, 2.05) is 0 Å². The van der Waals surface area contributed by atoms with E-state index in [4.69, 9.17) is 16.7 Å². The lowest BCUT2D eigenvalue weighted by Gasteiger charge is -2.16. The highest BCUT2D eigenvalue weighted by Crippen LogP contribution is 2.41. The number of anilines is 1. The summed E-state index contributed by atoms with van der Waals surface area (Å²) in [6.45, 7) is -0.126. The van der Waals surface area contributed by atoms with Crippen LogP contribution in [0.1, 0.15) is 12.8 Å². The number of benzene rings is 1. The zero-order valence-electron chi connectivity index (χ0n) is 8.74. The van der Waals surface area contributed by atoms with Gasteiger partial charge in [-0.15, -0.1) is 0 Å². The van der Waals surface area contributed by atoms with Gasteiger partial charge in [-0.2, -0.15) is 0 Å². The molecule has 0 radical (unpaired) electrons. The topological polar surface area (TPSA) is 75.4 Å². The first kappa shape index (κ1) is 12.1. The Morgan fingerprint density at radius 1 is 1.59 bits per heavy atom. The number of aliphatic hydroxyl groups excluding tert-OH is 1. The summed E-state index contributed by atoms with van der Waals surface area (Å²) >= 11 is 5.58. The number of halogens is 2. The third-order valence-corrected chi connectivity index (χ3v) is 3.08. The van der Waals surface area contributed by atoms with Gasteiger partial charge in [0.1, 0.15) is 11.5 Å². The third-order valence-electron chi connectivity index (χ3n) is 2.79. The van der Waals surface area contributed by atoms with Gasteiger partial charge in [-0.25, -0.2) is 4.39 Å². The molecule has 1 aromatic carbocycles. The van der Waals surface area contributed by atoms with Gasteiger partial charge < -0.3 is 10.4 Å². The summed E-state index contributed by atoms with van der Waals surface area (Å²) in [5.41, 5.74) is -0.772. The highest BCUT2D eigenvalue weighted by molar-refractivity contribution is 6.31. The van der Waals surface area contributed by atoms with Crippen molar-refractivity contribution in [3.63, 3.8) is 0 Å². The molecule has 0 aliphatic heterocycles. The van der Waals surface area contributed by atoms with Gasteiger partial charge in [0.05, 0.1) is 28.2 Å². The monoisotopic (exact) mass is 260 g/mol. The smallest absolute Gasteiger partial charge is 0.295 e. The van der Waals surface area contributed by atoms with Crippen LogP contribution < -0.4 is 5.32 Å². The van der Waals surface area contributed by atoms with Crippen LogP contribution >= 0.6 is 11.6 Å². The molecule has 2 rings (SSSR count). The second-order valence-corrected chi connectivity index (χ2v) is 4.51. The van der Waals surface area contributed by atoms with Gasteiger partial charge in [0, 0.05) is 0 Å². The molecule has 0 spiro atoms. The van der Waals surface area contributed by atoms with Gasteiger partial charge in [0.25, 0.3) is 5.69 Å². The maximum Gasteiger partial charge on any atom is 0.295 e. The molecule has 1 aromatic rings. The highest BCUT2D eigenvalue weighted by Gasteiger charge is 2.43. The van der Waals surface area contributed by atoms with Crippen molar-refractivity contribution in [2.24, 2.45) is 0 Å². The predicted octanol–water partition coefficient (Wildman–Crippen LogP) is 2.32. The van der Waals surface area contributed by atoms with Crippen molar-refractivity contribution in [3.05, 3.63) is 33.1 Å². The Hall–Kier alpha value is -1.40. The second-order valence-electron chi connectivity index (χ2n) is 4.10. The summed E-state index contributed by atoms with van der Waals surface area (Å²) in [5.74, 6) is -0.835. The van der Waals surface area contributed by atoms with Crippen LogP contribution in [0.4, 0.5) is 15.8 Å². The number of aliphatic hydroxyl groups is 1. The number of nitro benzene ring substituents is 1. The first-order valence-electron chi connectivity index (χ1n) is 5.00. The van der Waals surface area contributed by atoms with Gasteiger partial charge in [0.15, 0.2) is 0 Å². The van der Waals surface area contributed by atoms with Crippen LogP contribution in [-0.4, -0.2) is 22.2 Å². The van der Waals surface area contributed by atoms with Crippen LogP contribution in [0.25, 0.3) is 0 Å². The molecule has 5 nitrogen and oxygen atoms in total. The molecule has 7 heteroatoms. The zero-order valence-corrected chi connectivity index (χ0v) is 9.50. The summed E-state index contributed by atoms with van der Waals surface area (Å²) in [4.78, 5) is 10.1. The number of hydrogen-bond acceptors (Lipinski definition) is 4. The molecule has 0 heterocycles. The molecule has 1 aliphatic carbocycles. The molecule has 92 valence electrons. The maximum atomic E-state index is 13.1. The molecule has 0 unspecified atom stereocenters. The van der Waals surface area contributed by atoms with Crippen molar-refractivity contribution in [3.8, 4) is 0 Å². The fourth-order valence-electron chi connectivity index (χ4n) is 1.55. The van der Waals surface area contributed by atoms with E-state index in [0.29, 0.717) is 0 Å². The first-order chi connectivity index (χ1) is 7.97. The Bertz CT molecular complexity index is 477. The van der Waals surface area contributed by atoms with E-state index in [1.165, 1.54) is 6.07 Å². The van der Waals surface area contributed by atoms with E-state index >= 15 is 0 Å².